The quantitative estimate of drug-likeness (QED) is 0.324. The van der Waals surface area contributed by atoms with Crippen LogP contribution >= 0.6 is 22.9 Å². The van der Waals surface area contributed by atoms with Crippen molar-refractivity contribution in [1.29, 1.82) is 0 Å². The minimum atomic E-state index is -4.16. The number of carbonyl (C=O) groups excluding carboxylic acids is 1. The van der Waals surface area contributed by atoms with E-state index in [1.54, 1.807) is 0 Å². The monoisotopic (exact) mass is 500 g/mol. The average molecular weight is 501 g/mol. The normalized spacial score (nSPS) is 12.0. The van der Waals surface area contributed by atoms with Crippen LogP contribution in [0.4, 0.5) is 5.69 Å². The number of amides is 1. The minimum Gasteiger partial charge on any atom is -0.427 e. The summed E-state index contributed by atoms with van der Waals surface area (Å²) in [6.45, 7) is 8.99. The molecule has 0 aliphatic rings. The van der Waals surface area contributed by atoms with Gasteiger partial charge in [0, 0.05) is 23.0 Å². The molecular weight excluding hydrogens is 488 g/mol. The molecule has 0 saturated heterocycles. The van der Waals surface area contributed by atoms with Gasteiger partial charge >= 0.3 is 0 Å². The highest BCUT2D eigenvalue weighted by atomic mass is 35.5. The fourth-order valence-corrected chi connectivity index (χ4v) is 6.22. The molecule has 4 aromatic rings. The summed E-state index contributed by atoms with van der Waals surface area (Å²) in [6, 6.07) is 8.45. The van der Waals surface area contributed by atoms with Crippen LogP contribution in [-0.2, 0) is 14.6 Å². The molecule has 0 saturated carbocycles. The van der Waals surface area contributed by atoms with E-state index in [9.17, 15) is 18.4 Å². The highest BCUT2D eigenvalue weighted by Gasteiger charge is 2.32. The Morgan fingerprint density at radius 2 is 2.00 bits per heavy atom. The van der Waals surface area contributed by atoms with Crippen molar-refractivity contribution < 1.29 is 18.4 Å². The molecule has 2 N–H and O–H groups in total. The van der Waals surface area contributed by atoms with Crippen molar-refractivity contribution in [3.63, 3.8) is 0 Å². The number of halogens is 1. The van der Waals surface area contributed by atoms with Crippen molar-refractivity contribution in [3.8, 4) is 21.1 Å². The largest absolute Gasteiger partial charge is 0.427 e. The lowest BCUT2D eigenvalue weighted by molar-refractivity contribution is -0.116. The molecular formula is C20H13ClN6O4S2. The van der Waals surface area contributed by atoms with Gasteiger partial charge in [0.05, 0.1) is 16.3 Å². The number of hydrogen-bond acceptors (Lipinski definition) is 7. The number of nitrogens with zero attached hydrogens (tertiary/aromatic N) is 5. The first-order valence-electron chi connectivity index (χ1n) is 9.10. The molecule has 1 amide bonds. The molecule has 3 heterocycles. The van der Waals surface area contributed by atoms with E-state index in [2.05, 4.69) is 25.0 Å². The van der Waals surface area contributed by atoms with E-state index in [1.165, 1.54) is 55.8 Å². The number of hydrogen-bond donors (Lipinski definition) is 2. The van der Waals surface area contributed by atoms with Crippen molar-refractivity contribution in [3.05, 3.63) is 70.8 Å². The lowest BCUT2D eigenvalue weighted by atomic mass is 10.2. The second-order valence-corrected chi connectivity index (χ2v) is 9.93. The molecule has 0 unspecified atom stereocenters. The fraction of sp³-hybridized carbons (Fsp3) is 0.0500. The van der Waals surface area contributed by atoms with Crippen LogP contribution in [0.25, 0.3) is 26.0 Å². The van der Waals surface area contributed by atoms with Crippen LogP contribution in [-0.4, -0.2) is 39.4 Å². The zero-order valence-electron chi connectivity index (χ0n) is 16.7. The summed E-state index contributed by atoms with van der Waals surface area (Å²) >= 11 is 6.92. The van der Waals surface area contributed by atoms with Crippen LogP contribution in [0.3, 0.4) is 0 Å². The molecule has 0 radical (unpaired) electrons. The summed E-state index contributed by atoms with van der Waals surface area (Å²) in [7, 11) is -4.16. The maximum Gasteiger partial charge on any atom is 0.244 e. The maximum absolute atomic E-state index is 13.6. The predicted octanol–water partition coefficient (Wildman–Crippen LogP) is 3.72. The molecule has 4 rings (SSSR count). The second kappa shape index (κ2) is 8.62. The van der Waals surface area contributed by atoms with E-state index in [4.69, 9.17) is 18.2 Å². The topological polar surface area (TPSA) is 135 Å². The fourth-order valence-electron chi connectivity index (χ4n) is 3.02. The molecule has 1 aromatic carbocycles. The van der Waals surface area contributed by atoms with Crippen molar-refractivity contribution in [2.75, 3.05) is 0 Å². The second-order valence-electron chi connectivity index (χ2n) is 6.59. The molecule has 13 heteroatoms. The van der Waals surface area contributed by atoms with Gasteiger partial charge in [-0.25, -0.2) is 18.2 Å². The van der Waals surface area contributed by atoms with Gasteiger partial charge in [0.2, 0.25) is 11.6 Å². The molecule has 0 aliphatic carbocycles. The van der Waals surface area contributed by atoms with E-state index in [1.807, 2.05) is 0 Å². The van der Waals surface area contributed by atoms with Crippen molar-refractivity contribution in [2.45, 2.75) is 16.7 Å². The van der Waals surface area contributed by atoms with Crippen LogP contribution < -0.4 is 5.49 Å². The lowest BCUT2D eigenvalue weighted by Crippen LogP contribution is -2.19. The van der Waals surface area contributed by atoms with E-state index in [-0.39, 0.29) is 31.7 Å². The number of rotatable bonds is 4. The number of H-pyrrole nitrogens is 1. The first-order chi connectivity index (χ1) is 15.7. The van der Waals surface area contributed by atoms with Gasteiger partial charge in [-0.1, -0.05) is 11.6 Å². The molecule has 33 heavy (non-hydrogen) atoms. The molecule has 3 aromatic heterocycles. The zero-order valence-corrected chi connectivity index (χ0v) is 19.1. The summed E-state index contributed by atoms with van der Waals surface area (Å²) in [5.41, 5.74) is 0.174. The molecule has 10 nitrogen and oxygen atoms in total. The Morgan fingerprint density at radius 1 is 1.27 bits per heavy atom. The average Bonchev–Trinajstić information content (AvgIpc) is 3.43. The Morgan fingerprint density at radius 3 is 2.61 bits per heavy atom. The summed E-state index contributed by atoms with van der Waals surface area (Å²) in [5, 5.41) is 16.8. The summed E-state index contributed by atoms with van der Waals surface area (Å²) in [4.78, 5) is 22.9. The SMILES string of the molecule is [C-]#[N+]c1c(-c2ccn(O)c(=NC(C)=O)c2)sc(-c2ncn[nH]2)c1S(=O)(=O)c1ccc(Cl)cc1. The van der Waals surface area contributed by atoms with Crippen molar-refractivity contribution >= 4 is 44.4 Å². The Balaban J connectivity index is 2.04. The standard InChI is InChI=1S/C20H13ClN6O4S2/c1-11(28)25-15-9-12(7-8-27(15)29)17-16(22-2)19(18(32-17)20-23-10-24-26-20)33(30,31)14-5-3-13(21)4-6-14/h3-10,29H,1H3,(H,23,24,26). The highest BCUT2D eigenvalue weighted by molar-refractivity contribution is 7.92. The summed E-state index contributed by atoms with van der Waals surface area (Å²) < 4.78 is 27.9. The summed E-state index contributed by atoms with van der Waals surface area (Å²) in [6.07, 6.45) is 2.47. The Labute approximate surface area is 196 Å². The lowest BCUT2D eigenvalue weighted by Gasteiger charge is -2.07. The van der Waals surface area contributed by atoms with Gasteiger partial charge < -0.3 is 5.21 Å². The van der Waals surface area contributed by atoms with Gasteiger partial charge in [0.15, 0.2) is 21.1 Å². The van der Waals surface area contributed by atoms with Crippen LogP contribution in [0, 0.1) is 6.57 Å². The zero-order chi connectivity index (χ0) is 23.8. The number of aromatic amines is 1. The number of nitrogens with one attached hydrogen (secondary N) is 1. The minimum absolute atomic E-state index is 0.0459. The number of aromatic nitrogens is 4. The summed E-state index contributed by atoms with van der Waals surface area (Å²) in [5.74, 6) is -0.370. The van der Waals surface area contributed by atoms with Crippen LogP contribution in [0.15, 0.2) is 63.7 Å². The van der Waals surface area contributed by atoms with Gasteiger partial charge in [-0.2, -0.15) is 14.8 Å². The Hall–Kier alpha value is -3.79. The molecule has 0 fully saturated rings. The first-order valence-corrected chi connectivity index (χ1v) is 11.8. The number of benzene rings is 1. The van der Waals surface area contributed by atoms with Gasteiger partial charge in [-0.3, -0.25) is 9.89 Å². The molecule has 0 spiro atoms. The van der Waals surface area contributed by atoms with Crippen molar-refractivity contribution in [1.82, 2.24) is 19.9 Å². The molecule has 0 bridgehead atoms. The molecule has 0 atom stereocenters. The molecule has 166 valence electrons. The van der Waals surface area contributed by atoms with Crippen LogP contribution in [0.2, 0.25) is 5.02 Å². The van der Waals surface area contributed by atoms with E-state index in [0.29, 0.717) is 20.2 Å². The van der Waals surface area contributed by atoms with Crippen molar-refractivity contribution in [2.24, 2.45) is 4.99 Å². The Kier molecular flexibility index (Phi) is 5.86. The van der Waals surface area contributed by atoms with Gasteiger partial charge in [-0.15, -0.1) is 11.3 Å². The third-order valence-corrected chi connectivity index (χ3v) is 7.87. The molecule has 0 aliphatic heterocycles. The van der Waals surface area contributed by atoms with Gasteiger partial charge in [0.25, 0.3) is 0 Å². The number of sulfone groups is 1. The van der Waals surface area contributed by atoms with Gasteiger partial charge in [-0.05, 0) is 42.0 Å². The number of pyridine rings is 1. The smallest absolute Gasteiger partial charge is 0.244 e. The van der Waals surface area contributed by atoms with E-state index in [0.717, 1.165) is 11.3 Å². The van der Waals surface area contributed by atoms with Crippen LogP contribution in [0.1, 0.15) is 6.92 Å². The maximum atomic E-state index is 13.6. The highest BCUT2D eigenvalue weighted by Crippen LogP contribution is 2.50. The van der Waals surface area contributed by atoms with E-state index >= 15 is 0 Å². The van der Waals surface area contributed by atoms with Gasteiger partial charge in [0.1, 0.15) is 11.2 Å². The number of carbonyl (C=O) groups is 1. The number of thiophene rings is 1. The van der Waals surface area contributed by atoms with E-state index < -0.39 is 15.7 Å². The third kappa shape index (κ3) is 4.17. The predicted molar refractivity (Wildman–Crippen MR) is 120 cm³/mol. The van der Waals surface area contributed by atoms with Crippen LogP contribution in [0.5, 0.6) is 0 Å². The first kappa shape index (κ1) is 22.4. The Bertz CT molecular complexity index is 1580. The third-order valence-electron chi connectivity index (χ3n) is 4.42.